The van der Waals surface area contributed by atoms with Crippen LogP contribution in [0, 0.1) is 27.7 Å². The molecule has 1 aromatic carbocycles. The highest BCUT2D eigenvalue weighted by Crippen LogP contribution is 2.24. The topological polar surface area (TPSA) is 74.8 Å². The van der Waals surface area contributed by atoms with E-state index in [1.165, 1.54) is 0 Å². The molecule has 0 atom stereocenters. The first kappa shape index (κ1) is 13.6. The highest BCUT2D eigenvalue weighted by atomic mass is 32.2. The minimum Gasteiger partial charge on any atom is -0.281 e. The van der Waals surface area contributed by atoms with Crippen LogP contribution >= 0.6 is 0 Å². The first-order chi connectivity index (χ1) is 8.83. The Bertz CT molecular complexity index is 698. The van der Waals surface area contributed by atoms with Crippen molar-refractivity contribution in [2.45, 2.75) is 32.6 Å². The summed E-state index contributed by atoms with van der Waals surface area (Å²) in [6, 6.07) is 5.53. The van der Waals surface area contributed by atoms with Crippen molar-refractivity contribution in [2.75, 3.05) is 4.72 Å². The van der Waals surface area contributed by atoms with Crippen molar-refractivity contribution >= 4 is 15.7 Å². The van der Waals surface area contributed by atoms with Crippen LogP contribution in [0.2, 0.25) is 0 Å². The second-order valence-electron chi connectivity index (χ2n) is 4.62. The number of hydrogen-bond acceptors (Lipinski definition) is 3. The Morgan fingerprint density at radius 3 is 2.42 bits per heavy atom. The molecule has 2 rings (SSSR count). The van der Waals surface area contributed by atoms with Gasteiger partial charge in [0.15, 0.2) is 0 Å². The van der Waals surface area contributed by atoms with Crippen LogP contribution in [-0.4, -0.2) is 18.6 Å². The molecule has 0 radical (unpaired) electrons. The normalized spacial score (nSPS) is 11.6. The van der Waals surface area contributed by atoms with Gasteiger partial charge in [0.2, 0.25) is 0 Å². The van der Waals surface area contributed by atoms with Crippen LogP contribution in [0.3, 0.4) is 0 Å². The summed E-state index contributed by atoms with van der Waals surface area (Å²) in [7, 11) is -3.61. The second-order valence-corrected chi connectivity index (χ2v) is 6.24. The molecule has 102 valence electrons. The molecule has 2 aromatic rings. The lowest BCUT2D eigenvalue weighted by Crippen LogP contribution is -2.15. The van der Waals surface area contributed by atoms with Crippen molar-refractivity contribution in [3.05, 3.63) is 40.7 Å². The maximum Gasteiger partial charge on any atom is 0.265 e. The molecule has 0 fully saturated rings. The summed E-state index contributed by atoms with van der Waals surface area (Å²) in [5.74, 6) is 0. The molecule has 0 saturated heterocycles. The highest BCUT2D eigenvalue weighted by Gasteiger charge is 2.22. The molecular formula is C13H17N3O2S. The zero-order chi connectivity index (χ0) is 14.2. The fourth-order valence-electron chi connectivity index (χ4n) is 1.99. The molecule has 5 nitrogen and oxygen atoms in total. The summed E-state index contributed by atoms with van der Waals surface area (Å²) in [6.45, 7) is 7.20. The van der Waals surface area contributed by atoms with E-state index in [1.807, 2.05) is 26.0 Å². The fourth-order valence-corrected chi connectivity index (χ4v) is 3.49. The molecule has 0 aliphatic rings. The number of rotatable bonds is 3. The van der Waals surface area contributed by atoms with Crippen molar-refractivity contribution in [2.24, 2.45) is 0 Å². The number of hydrogen-bond donors (Lipinski definition) is 2. The van der Waals surface area contributed by atoms with Gasteiger partial charge in [0.1, 0.15) is 4.90 Å². The number of benzene rings is 1. The molecule has 1 aromatic heterocycles. The number of H-pyrrole nitrogens is 1. The number of nitrogens with one attached hydrogen (secondary N) is 2. The number of aromatic nitrogens is 2. The van der Waals surface area contributed by atoms with Crippen molar-refractivity contribution in [1.82, 2.24) is 10.2 Å². The largest absolute Gasteiger partial charge is 0.281 e. The molecule has 0 spiro atoms. The van der Waals surface area contributed by atoms with Gasteiger partial charge in [-0.25, -0.2) is 8.42 Å². The third-order valence-electron chi connectivity index (χ3n) is 3.18. The predicted molar refractivity (Wildman–Crippen MR) is 74.8 cm³/mol. The van der Waals surface area contributed by atoms with Crippen molar-refractivity contribution in [3.8, 4) is 0 Å². The Morgan fingerprint density at radius 1 is 1.16 bits per heavy atom. The molecule has 0 amide bonds. The smallest absolute Gasteiger partial charge is 0.265 e. The summed E-state index contributed by atoms with van der Waals surface area (Å²) in [4.78, 5) is 0.216. The lowest BCUT2D eigenvalue weighted by atomic mass is 10.1. The predicted octanol–water partition coefficient (Wildman–Crippen LogP) is 2.44. The van der Waals surface area contributed by atoms with E-state index in [-0.39, 0.29) is 4.90 Å². The van der Waals surface area contributed by atoms with Crippen molar-refractivity contribution < 1.29 is 8.42 Å². The molecule has 2 N–H and O–H groups in total. The number of aromatic amines is 1. The summed E-state index contributed by atoms with van der Waals surface area (Å²) in [5, 5.41) is 6.61. The van der Waals surface area contributed by atoms with E-state index in [9.17, 15) is 8.42 Å². The zero-order valence-corrected chi connectivity index (χ0v) is 12.2. The van der Waals surface area contributed by atoms with E-state index in [0.29, 0.717) is 17.1 Å². The van der Waals surface area contributed by atoms with Gasteiger partial charge >= 0.3 is 0 Å². The third kappa shape index (κ3) is 2.49. The lowest BCUT2D eigenvalue weighted by molar-refractivity contribution is 0.600. The average Bonchev–Trinajstić information content (AvgIpc) is 2.65. The van der Waals surface area contributed by atoms with Crippen LogP contribution < -0.4 is 4.72 Å². The van der Waals surface area contributed by atoms with Gasteiger partial charge in [-0.05, 0) is 44.9 Å². The summed E-state index contributed by atoms with van der Waals surface area (Å²) in [5.41, 5.74) is 3.57. The molecule has 0 aliphatic carbocycles. The van der Waals surface area contributed by atoms with Gasteiger partial charge in [-0.2, -0.15) is 5.10 Å². The molecular weight excluding hydrogens is 262 g/mol. The van der Waals surface area contributed by atoms with Crippen molar-refractivity contribution in [1.29, 1.82) is 0 Å². The fraction of sp³-hybridized carbons (Fsp3) is 0.308. The third-order valence-corrected chi connectivity index (χ3v) is 4.81. The molecule has 6 heteroatoms. The quantitative estimate of drug-likeness (QED) is 0.906. The Hall–Kier alpha value is -1.82. The lowest BCUT2D eigenvalue weighted by Gasteiger charge is -2.12. The summed E-state index contributed by atoms with van der Waals surface area (Å²) < 4.78 is 27.4. The van der Waals surface area contributed by atoms with Gasteiger partial charge in [0, 0.05) is 0 Å². The van der Waals surface area contributed by atoms with Gasteiger partial charge in [-0.3, -0.25) is 9.82 Å². The number of aryl methyl sites for hydroxylation is 3. The maximum atomic E-state index is 12.4. The van der Waals surface area contributed by atoms with Crippen LogP contribution in [0.5, 0.6) is 0 Å². The molecule has 0 saturated carbocycles. The Balaban J connectivity index is 2.46. The Kier molecular flexibility index (Phi) is 3.36. The monoisotopic (exact) mass is 279 g/mol. The first-order valence-corrected chi connectivity index (χ1v) is 7.42. The standard InChI is InChI=1S/C13H17N3O2S/c1-8-6-5-7-12(9(8)2)16-19(17,18)13-10(3)14-15-11(13)4/h5-7,16H,1-4H3,(H,14,15). The second kappa shape index (κ2) is 4.70. The van der Waals surface area contributed by atoms with E-state index in [2.05, 4.69) is 14.9 Å². The highest BCUT2D eigenvalue weighted by molar-refractivity contribution is 7.92. The Labute approximate surface area is 113 Å². The van der Waals surface area contributed by atoms with E-state index in [1.54, 1.807) is 19.9 Å². The molecule has 0 bridgehead atoms. The van der Waals surface area contributed by atoms with Gasteiger partial charge in [-0.1, -0.05) is 12.1 Å². The molecule has 0 unspecified atom stereocenters. The van der Waals surface area contributed by atoms with E-state index >= 15 is 0 Å². The Morgan fingerprint density at radius 2 is 1.84 bits per heavy atom. The summed E-state index contributed by atoms with van der Waals surface area (Å²) in [6.07, 6.45) is 0. The van der Waals surface area contributed by atoms with Crippen LogP contribution in [0.4, 0.5) is 5.69 Å². The minimum atomic E-state index is -3.61. The van der Waals surface area contributed by atoms with Crippen LogP contribution in [0.1, 0.15) is 22.5 Å². The molecule has 1 heterocycles. The van der Waals surface area contributed by atoms with Gasteiger partial charge < -0.3 is 0 Å². The van der Waals surface area contributed by atoms with Gasteiger partial charge in [0.25, 0.3) is 10.0 Å². The van der Waals surface area contributed by atoms with Crippen LogP contribution in [0.25, 0.3) is 0 Å². The van der Waals surface area contributed by atoms with E-state index in [4.69, 9.17) is 0 Å². The molecule has 19 heavy (non-hydrogen) atoms. The first-order valence-electron chi connectivity index (χ1n) is 5.93. The number of sulfonamides is 1. The average molecular weight is 279 g/mol. The van der Waals surface area contributed by atoms with Crippen LogP contribution in [0.15, 0.2) is 23.1 Å². The molecule has 0 aliphatic heterocycles. The van der Waals surface area contributed by atoms with Crippen molar-refractivity contribution in [3.63, 3.8) is 0 Å². The van der Waals surface area contributed by atoms with Gasteiger partial charge in [0.05, 0.1) is 17.1 Å². The van der Waals surface area contributed by atoms with E-state index in [0.717, 1.165) is 11.1 Å². The van der Waals surface area contributed by atoms with Gasteiger partial charge in [-0.15, -0.1) is 0 Å². The maximum absolute atomic E-state index is 12.4. The summed E-state index contributed by atoms with van der Waals surface area (Å²) >= 11 is 0. The SMILES string of the molecule is Cc1cccc(NS(=O)(=O)c2c(C)n[nH]c2C)c1C. The zero-order valence-electron chi connectivity index (χ0n) is 11.4. The van der Waals surface area contributed by atoms with E-state index < -0.39 is 10.0 Å². The minimum absolute atomic E-state index is 0.216. The van der Waals surface area contributed by atoms with Crippen LogP contribution in [-0.2, 0) is 10.0 Å². The number of anilines is 1. The number of nitrogens with zero attached hydrogens (tertiary/aromatic N) is 1.